The molecule has 2 aromatic rings. The van der Waals surface area contributed by atoms with Crippen LogP contribution >= 0.6 is 15.9 Å². The van der Waals surface area contributed by atoms with Crippen LogP contribution in [-0.4, -0.2) is 31.3 Å². The third kappa shape index (κ3) is 4.00. The average Bonchev–Trinajstić information content (AvgIpc) is 2.56. The molecule has 1 atom stereocenters. The van der Waals surface area contributed by atoms with Crippen molar-refractivity contribution in [2.75, 3.05) is 36.5 Å². The maximum Gasteiger partial charge on any atom is 0.143 e. The minimum Gasteiger partial charge on any atom is -0.378 e. The number of aromatic nitrogens is 1. The number of pyridine rings is 1. The highest BCUT2D eigenvalue weighted by Crippen LogP contribution is 2.29. The summed E-state index contributed by atoms with van der Waals surface area (Å²) in [7, 11) is 0. The standard InChI is InChI=1S/C17H19BrFN3O/c1-12(13-3-2-4-14(19)9-13)21-15-10-16(18)17(20-11-15)22-5-7-23-8-6-22/h2-4,9-12,21H,5-8H2,1H3. The summed E-state index contributed by atoms with van der Waals surface area (Å²) < 4.78 is 19.6. The predicted molar refractivity (Wildman–Crippen MR) is 93.4 cm³/mol. The third-order valence-corrected chi connectivity index (χ3v) is 4.45. The molecule has 23 heavy (non-hydrogen) atoms. The Kier molecular flexibility index (Phi) is 5.13. The van der Waals surface area contributed by atoms with E-state index in [1.807, 2.05) is 25.3 Å². The molecule has 6 heteroatoms. The number of nitrogens with one attached hydrogen (secondary N) is 1. The fourth-order valence-electron chi connectivity index (χ4n) is 2.63. The van der Waals surface area contributed by atoms with E-state index >= 15 is 0 Å². The van der Waals surface area contributed by atoms with Crippen molar-refractivity contribution in [3.63, 3.8) is 0 Å². The molecule has 1 aliphatic rings. The van der Waals surface area contributed by atoms with Gasteiger partial charge in [-0.2, -0.15) is 0 Å². The van der Waals surface area contributed by atoms with E-state index in [1.165, 1.54) is 6.07 Å². The summed E-state index contributed by atoms with van der Waals surface area (Å²) in [6.07, 6.45) is 1.81. The van der Waals surface area contributed by atoms with Crippen molar-refractivity contribution >= 4 is 27.4 Å². The molecule has 2 heterocycles. The van der Waals surface area contributed by atoms with Crippen LogP contribution in [0.2, 0.25) is 0 Å². The van der Waals surface area contributed by atoms with Gasteiger partial charge in [-0.15, -0.1) is 0 Å². The zero-order valence-electron chi connectivity index (χ0n) is 12.9. The molecule has 3 rings (SSSR count). The van der Waals surface area contributed by atoms with Crippen molar-refractivity contribution in [2.45, 2.75) is 13.0 Å². The summed E-state index contributed by atoms with van der Waals surface area (Å²) in [6, 6.07) is 8.62. The fraction of sp³-hybridized carbons (Fsp3) is 0.353. The van der Waals surface area contributed by atoms with Gasteiger partial charge >= 0.3 is 0 Å². The van der Waals surface area contributed by atoms with E-state index in [0.29, 0.717) is 0 Å². The van der Waals surface area contributed by atoms with Crippen LogP contribution in [0.4, 0.5) is 15.9 Å². The van der Waals surface area contributed by atoms with Crippen molar-refractivity contribution < 1.29 is 9.13 Å². The largest absolute Gasteiger partial charge is 0.378 e. The van der Waals surface area contributed by atoms with Gasteiger partial charge in [0.15, 0.2) is 0 Å². The lowest BCUT2D eigenvalue weighted by molar-refractivity contribution is 0.122. The van der Waals surface area contributed by atoms with Gasteiger partial charge in [-0.3, -0.25) is 0 Å². The first-order chi connectivity index (χ1) is 11.1. The molecule has 0 bridgehead atoms. The van der Waals surface area contributed by atoms with Crippen molar-refractivity contribution in [3.05, 3.63) is 52.4 Å². The smallest absolute Gasteiger partial charge is 0.143 e. The summed E-state index contributed by atoms with van der Waals surface area (Å²) in [4.78, 5) is 6.75. The number of hydrogen-bond donors (Lipinski definition) is 1. The summed E-state index contributed by atoms with van der Waals surface area (Å²) in [5, 5.41) is 3.35. The molecule has 0 aliphatic carbocycles. The first kappa shape index (κ1) is 16.2. The highest BCUT2D eigenvalue weighted by atomic mass is 79.9. The number of halogens is 2. The first-order valence-electron chi connectivity index (χ1n) is 7.64. The van der Waals surface area contributed by atoms with Gasteiger partial charge in [0.25, 0.3) is 0 Å². The van der Waals surface area contributed by atoms with E-state index in [1.54, 1.807) is 12.1 Å². The number of morpholine rings is 1. The van der Waals surface area contributed by atoms with Crippen molar-refractivity contribution in [1.29, 1.82) is 0 Å². The van der Waals surface area contributed by atoms with Gasteiger partial charge in [-0.25, -0.2) is 9.37 Å². The normalized spacial score (nSPS) is 16.2. The summed E-state index contributed by atoms with van der Waals surface area (Å²) in [6.45, 7) is 5.14. The summed E-state index contributed by atoms with van der Waals surface area (Å²) in [5.74, 6) is 0.704. The second-order valence-corrected chi connectivity index (χ2v) is 6.40. The van der Waals surface area contributed by atoms with Crippen molar-refractivity contribution in [2.24, 2.45) is 0 Å². The van der Waals surface area contributed by atoms with Gasteiger partial charge < -0.3 is 15.0 Å². The van der Waals surface area contributed by atoms with Crippen LogP contribution < -0.4 is 10.2 Å². The number of rotatable bonds is 4. The molecule has 4 nitrogen and oxygen atoms in total. The maximum atomic E-state index is 13.3. The minimum atomic E-state index is -0.224. The molecule has 122 valence electrons. The number of benzene rings is 1. The van der Waals surface area contributed by atoms with Gasteiger partial charge in [0.1, 0.15) is 11.6 Å². The molecule has 0 radical (unpaired) electrons. The molecule has 1 fully saturated rings. The zero-order valence-corrected chi connectivity index (χ0v) is 14.5. The van der Waals surface area contributed by atoms with Crippen molar-refractivity contribution in [1.82, 2.24) is 4.98 Å². The van der Waals surface area contributed by atoms with Gasteiger partial charge in [0.2, 0.25) is 0 Å². The molecule has 1 unspecified atom stereocenters. The monoisotopic (exact) mass is 379 g/mol. The lowest BCUT2D eigenvalue weighted by Gasteiger charge is -2.28. The number of hydrogen-bond acceptors (Lipinski definition) is 4. The van der Waals surface area contributed by atoms with E-state index in [2.05, 4.69) is 31.1 Å². The Labute approximate surface area is 143 Å². The van der Waals surface area contributed by atoms with Gasteiger partial charge in [0.05, 0.1) is 29.6 Å². The van der Waals surface area contributed by atoms with Gasteiger partial charge in [-0.1, -0.05) is 12.1 Å². The van der Waals surface area contributed by atoms with E-state index in [9.17, 15) is 4.39 Å². The molecule has 1 N–H and O–H groups in total. The van der Waals surface area contributed by atoms with Crippen LogP contribution in [0.5, 0.6) is 0 Å². The summed E-state index contributed by atoms with van der Waals surface area (Å²) in [5.41, 5.74) is 1.80. The Hall–Kier alpha value is -1.66. The second kappa shape index (κ2) is 7.27. The molecule has 0 amide bonds. The van der Waals surface area contributed by atoms with Crippen LogP contribution in [0.3, 0.4) is 0 Å². The van der Waals surface area contributed by atoms with Crippen LogP contribution in [0.25, 0.3) is 0 Å². The molecule has 0 saturated carbocycles. The average molecular weight is 380 g/mol. The second-order valence-electron chi connectivity index (χ2n) is 5.55. The molecular weight excluding hydrogens is 361 g/mol. The topological polar surface area (TPSA) is 37.4 Å². The number of nitrogens with zero attached hydrogens (tertiary/aromatic N) is 2. The van der Waals surface area contributed by atoms with Gasteiger partial charge in [0, 0.05) is 19.1 Å². The highest BCUT2D eigenvalue weighted by molar-refractivity contribution is 9.10. The Morgan fingerprint density at radius 1 is 1.30 bits per heavy atom. The number of ether oxygens (including phenoxy) is 1. The highest BCUT2D eigenvalue weighted by Gasteiger charge is 2.16. The Morgan fingerprint density at radius 2 is 2.09 bits per heavy atom. The van der Waals surface area contributed by atoms with Crippen molar-refractivity contribution in [3.8, 4) is 0 Å². The first-order valence-corrected chi connectivity index (χ1v) is 8.43. The van der Waals surface area contributed by atoms with Gasteiger partial charge in [-0.05, 0) is 46.6 Å². The molecular formula is C17H19BrFN3O. The zero-order chi connectivity index (χ0) is 16.2. The maximum absolute atomic E-state index is 13.3. The fourth-order valence-corrected chi connectivity index (χ4v) is 3.23. The predicted octanol–water partition coefficient (Wildman–Crippen LogP) is 3.99. The van der Waals surface area contributed by atoms with Crippen LogP contribution in [0, 0.1) is 5.82 Å². The van der Waals surface area contributed by atoms with E-state index < -0.39 is 0 Å². The SMILES string of the molecule is CC(Nc1cnc(N2CCOCC2)c(Br)c1)c1cccc(F)c1. The van der Waals surface area contributed by atoms with E-state index in [4.69, 9.17) is 4.74 Å². The minimum absolute atomic E-state index is 0.00589. The molecule has 0 spiro atoms. The lowest BCUT2D eigenvalue weighted by Crippen LogP contribution is -2.37. The summed E-state index contributed by atoms with van der Waals surface area (Å²) >= 11 is 3.60. The van der Waals surface area contributed by atoms with E-state index in [-0.39, 0.29) is 11.9 Å². The molecule has 1 aromatic carbocycles. The Balaban J connectivity index is 1.72. The quantitative estimate of drug-likeness (QED) is 0.871. The van der Waals surface area contributed by atoms with Crippen LogP contribution in [0.1, 0.15) is 18.5 Å². The Bertz CT molecular complexity index is 677. The lowest BCUT2D eigenvalue weighted by atomic mass is 10.1. The molecule has 1 aliphatic heterocycles. The van der Waals surface area contributed by atoms with Crippen LogP contribution in [0.15, 0.2) is 41.0 Å². The molecule has 1 saturated heterocycles. The van der Waals surface area contributed by atoms with Crippen LogP contribution in [-0.2, 0) is 4.74 Å². The Morgan fingerprint density at radius 3 is 2.78 bits per heavy atom. The third-order valence-electron chi connectivity index (χ3n) is 3.86. The number of anilines is 2. The van der Waals surface area contributed by atoms with E-state index in [0.717, 1.165) is 47.8 Å². The molecule has 1 aromatic heterocycles.